The summed E-state index contributed by atoms with van der Waals surface area (Å²) in [4.78, 5) is 2.72. The van der Waals surface area contributed by atoms with Crippen LogP contribution in [0.25, 0.3) is 0 Å². The van der Waals surface area contributed by atoms with Gasteiger partial charge in [0.05, 0.1) is 0 Å². The lowest BCUT2D eigenvalue weighted by Gasteiger charge is -2.43. The van der Waals surface area contributed by atoms with Gasteiger partial charge in [0, 0.05) is 18.6 Å². The second-order valence-corrected chi connectivity index (χ2v) is 5.32. The molecule has 1 saturated carbocycles. The molecule has 0 aromatic carbocycles. The van der Waals surface area contributed by atoms with Crippen LogP contribution in [0.2, 0.25) is 0 Å². The lowest BCUT2D eigenvalue weighted by Crippen LogP contribution is -2.51. The normalized spacial score (nSPS) is 31.2. The Hall–Kier alpha value is -0.0800. The standard InChI is InChI=1S/C13H26N2/c1-3-14-13-8-5-9-15(10-13)11(2)12-6-4-7-12/h11-14H,3-10H2,1-2H3. The van der Waals surface area contributed by atoms with Crippen LogP contribution in [0.1, 0.15) is 46.0 Å². The van der Waals surface area contributed by atoms with Crippen LogP contribution < -0.4 is 5.32 Å². The predicted octanol–water partition coefficient (Wildman–Crippen LogP) is 2.25. The van der Waals surface area contributed by atoms with Crippen LogP contribution in [0.15, 0.2) is 0 Å². The third-order valence-electron chi connectivity index (χ3n) is 4.35. The van der Waals surface area contributed by atoms with Crippen LogP contribution in [0.3, 0.4) is 0 Å². The Morgan fingerprint density at radius 2 is 2.07 bits per heavy atom. The van der Waals surface area contributed by atoms with Crippen molar-refractivity contribution in [1.29, 1.82) is 0 Å². The van der Waals surface area contributed by atoms with E-state index < -0.39 is 0 Å². The summed E-state index contributed by atoms with van der Waals surface area (Å²) in [6.07, 6.45) is 7.18. The van der Waals surface area contributed by atoms with Crippen LogP contribution in [0.4, 0.5) is 0 Å². The van der Waals surface area contributed by atoms with Gasteiger partial charge in [-0.05, 0) is 51.6 Å². The number of piperidine rings is 1. The number of hydrogen-bond donors (Lipinski definition) is 1. The van der Waals surface area contributed by atoms with Crippen molar-refractivity contribution in [2.75, 3.05) is 19.6 Å². The molecule has 1 N–H and O–H groups in total. The van der Waals surface area contributed by atoms with Crippen molar-refractivity contribution < 1.29 is 0 Å². The van der Waals surface area contributed by atoms with Crippen LogP contribution >= 0.6 is 0 Å². The third kappa shape index (κ3) is 2.73. The summed E-state index contributed by atoms with van der Waals surface area (Å²) in [5, 5.41) is 3.60. The van der Waals surface area contributed by atoms with Crippen LogP contribution in [0, 0.1) is 5.92 Å². The molecule has 0 spiro atoms. The monoisotopic (exact) mass is 210 g/mol. The number of rotatable bonds is 4. The number of nitrogens with one attached hydrogen (secondary N) is 1. The molecule has 0 aromatic rings. The van der Waals surface area contributed by atoms with Gasteiger partial charge in [0.15, 0.2) is 0 Å². The number of likely N-dealkylation sites (tertiary alicyclic amines) is 1. The molecular weight excluding hydrogens is 184 g/mol. The van der Waals surface area contributed by atoms with Crippen molar-refractivity contribution in [3.8, 4) is 0 Å². The van der Waals surface area contributed by atoms with E-state index in [4.69, 9.17) is 0 Å². The second-order valence-electron chi connectivity index (χ2n) is 5.32. The molecule has 2 fully saturated rings. The van der Waals surface area contributed by atoms with Gasteiger partial charge in [0.25, 0.3) is 0 Å². The molecule has 0 aromatic heterocycles. The zero-order valence-corrected chi connectivity index (χ0v) is 10.3. The predicted molar refractivity (Wildman–Crippen MR) is 65.1 cm³/mol. The summed E-state index contributed by atoms with van der Waals surface area (Å²) in [5.41, 5.74) is 0. The van der Waals surface area contributed by atoms with E-state index in [2.05, 4.69) is 24.1 Å². The summed E-state index contributed by atoms with van der Waals surface area (Å²) < 4.78 is 0. The topological polar surface area (TPSA) is 15.3 Å². The first-order valence-electron chi connectivity index (χ1n) is 6.78. The Morgan fingerprint density at radius 1 is 1.27 bits per heavy atom. The van der Waals surface area contributed by atoms with E-state index in [0.29, 0.717) is 0 Å². The second kappa shape index (κ2) is 5.31. The smallest absolute Gasteiger partial charge is 0.0195 e. The molecule has 88 valence electrons. The van der Waals surface area contributed by atoms with Crippen molar-refractivity contribution in [3.05, 3.63) is 0 Å². The minimum Gasteiger partial charge on any atom is -0.313 e. The molecule has 1 saturated heterocycles. The maximum Gasteiger partial charge on any atom is 0.0195 e. The Morgan fingerprint density at radius 3 is 2.67 bits per heavy atom. The van der Waals surface area contributed by atoms with Crippen molar-refractivity contribution in [2.24, 2.45) is 5.92 Å². The summed E-state index contributed by atoms with van der Waals surface area (Å²) >= 11 is 0. The molecule has 0 radical (unpaired) electrons. The van der Waals surface area contributed by atoms with Crippen LogP contribution in [0.5, 0.6) is 0 Å². The zero-order chi connectivity index (χ0) is 10.7. The Labute approximate surface area is 94.4 Å². The summed E-state index contributed by atoms with van der Waals surface area (Å²) in [6, 6.07) is 1.59. The van der Waals surface area contributed by atoms with Gasteiger partial charge in [-0.3, -0.25) is 4.90 Å². The molecule has 2 unspecified atom stereocenters. The average Bonchev–Trinajstić information content (AvgIpc) is 2.16. The number of nitrogens with zero attached hydrogens (tertiary/aromatic N) is 1. The average molecular weight is 210 g/mol. The van der Waals surface area contributed by atoms with Gasteiger partial charge in [-0.25, -0.2) is 0 Å². The van der Waals surface area contributed by atoms with Gasteiger partial charge in [0.2, 0.25) is 0 Å². The highest BCUT2D eigenvalue weighted by Gasteiger charge is 2.30. The Kier molecular flexibility index (Phi) is 4.04. The van der Waals surface area contributed by atoms with E-state index in [0.717, 1.165) is 24.5 Å². The summed E-state index contributed by atoms with van der Waals surface area (Å²) in [5.74, 6) is 1.00. The molecule has 15 heavy (non-hydrogen) atoms. The maximum atomic E-state index is 3.60. The van der Waals surface area contributed by atoms with E-state index in [1.165, 1.54) is 45.2 Å². The van der Waals surface area contributed by atoms with Crippen molar-refractivity contribution in [2.45, 2.75) is 58.0 Å². The maximum absolute atomic E-state index is 3.60. The molecule has 2 heteroatoms. The fourth-order valence-corrected chi connectivity index (χ4v) is 3.05. The number of hydrogen-bond acceptors (Lipinski definition) is 2. The fourth-order valence-electron chi connectivity index (χ4n) is 3.05. The molecular formula is C13H26N2. The molecule has 0 bridgehead atoms. The summed E-state index contributed by atoms with van der Waals surface area (Å²) in [7, 11) is 0. The molecule has 2 rings (SSSR count). The fraction of sp³-hybridized carbons (Fsp3) is 1.00. The highest BCUT2D eigenvalue weighted by Crippen LogP contribution is 2.32. The lowest BCUT2D eigenvalue weighted by atomic mass is 9.79. The Bertz CT molecular complexity index is 187. The summed E-state index contributed by atoms with van der Waals surface area (Å²) in [6.45, 7) is 8.40. The first kappa shape index (κ1) is 11.4. The Balaban J connectivity index is 1.80. The van der Waals surface area contributed by atoms with Crippen LogP contribution in [-0.2, 0) is 0 Å². The molecule has 1 aliphatic carbocycles. The highest BCUT2D eigenvalue weighted by atomic mass is 15.2. The van der Waals surface area contributed by atoms with Crippen molar-refractivity contribution in [3.63, 3.8) is 0 Å². The third-order valence-corrected chi connectivity index (χ3v) is 4.35. The SMILES string of the molecule is CCNC1CCCN(C(C)C2CCC2)C1. The lowest BCUT2D eigenvalue weighted by molar-refractivity contribution is 0.0766. The molecule has 1 heterocycles. The van der Waals surface area contributed by atoms with E-state index in [1.807, 2.05) is 0 Å². The molecule has 0 amide bonds. The van der Waals surface area contributed by atoms with E-state index in [-0.39, 0.29) is 0 Å². The largest absolute Gasteiger partial charge is 0.313 e. The van der Waals surface area contributed by atoms with Crippen LogP contribution in [-0.4, -0.2) is 36.6 Å². The first-order valence-corrected chi connectivity index (χ1v) is 6.78. The molecule has 2 aliphatic rings. The molecule has 2 nitrogen and oxygen atoms in total. The van der Waals surface area contributed by atoms with E-state index in [1.54, 1.807) is 0 Å². The number of likely N-dealkylation sites (N-methyl/N-ethyl adjacent to an activating group) is 1. The quantitative estimate of drug-likeness (QED) is 0.765. The van der Waals surface area contributed by atoms with E-state index in [9.17, 15) is 0 Å². The van der Waals surface area contributed by atoms with Gasteiger partial charge in [-0.2, -0.15) is 0 Å². The highest BCUT2D eigenvalue weighted by molar-refractivity contribution is 4.86. The molecule has 2 atom stereocenters. The van der Waals surface area contributed by atoms with Gasteiger partial charge in [-0.15, -0.1) is 0 Å². The van der Waals surface area contributed by atoms with Gasteiger partial charge < -0.3 is 5.32 Å². The van der Waals surface area contributed by atoms with Gasteiger partial charge in [-0.1, -0.05) is 13.3 Å². The van der Waals surface area contributed by atoms with Crippen molar-refractivity contribution in [1.82, 2.24) is 10.2 Å². The van der Waals surface area contributed by atoms with Gasteiger partial charge >= 0.3 is 0 Å². The minimum atomic E-state index is 0.756. The minimum absolute atomic E-state index is 0.756. The van der Waals surface area contributed by atoms with E-state index >= 15 is 0 Å². The molecule has 1 aliphatic heterocycles. The first-order chi connectivity index (χ1) is 7.31. The van der Waals surface area contributed by atoms with Gasteiger partial charge in [0.1, 0.15) is 0 Å². The van der Waals surface area contributed by atoms with Crippen molar-refractivity contribution >= 4 is 0 Å². The zero-order valence-electron chi connectivity index (χ0n) is 10.3.